The summed E-state index contributed by atoms with van der Waals surface area (Å²) >= 11 is 0. The van der Waals surface area contributed by atoms with Gasteiger partial charge < -0.3 is 19.2 Å². The van der Waals surface area contributed by atoms with Gasteiger partial charge in [-0.3, -0.25) is 14.9 Å². The minimum atomic E-state index is -1.99. The van der Waals surface area contributed by atoms with Crippen LogP contribution >= 0.6 is 0 Å². The standard InChI is InChI=1S/C26H37FN2O3Si.C9H10O2/c1-25(2,3)33(5,6)32-18-26(24(30)28-4)16-15-23(29-26)19-11-13-21(14-12-19)31-17-20-9-7-8-10-22(20)27;1-8(10)11-7-9-5-3-2-4-6-9/h7-14,23,29H,15-18H2,1-6H3,(H,28,30);2-6H,7H2,1H3/t23-,26-;/m1./s1. The number of ether oxygens (including phenoxy) is 2. The molecule has 0 aliphatic carbocycles. The number of nitrogens with one attached hydrogen (secondary N) is 2. The number of carbonyl (C=O) groups is 2. The zero-order valence-electron chi connectivity index (χ0n) is 27.0. The van der Waals surface area contributed by atoms with Crippen LogP contribution in [0.15, 0.2) is 78.9 Å². The summed E-state index contributed by atoms with van der Waals surface area (Å²) in [5, 5.41) is 6.48. The van der Waals surface area contributed by atoms with Crippen LogP contribution in [-0.4, -0.2) is 39.4 Å². The minimum Gasteiger partial charge on any atom is -0.489 e. The SMILES string of the molecule is CC(=O)OCc1ccccc1.CNC(=O)[C@]1(CO[Si](C)(C)C(C)(C)C)CC[C@H](c2ccc(OCc3ccccc3F)cc2)N1. The summed E-state index contributed by atoms with van der Waals surface area (Å²) in [5.74, 6) is 0.135. The van der Waals surface area contributed by atoms with Crippen molar-refractivity contribution >= 4 is 20.2 Å². The Morgan fingerprint density at radius 3 is 2.20 bits per heavy atom. The van der Waals surface area contributed by atoms with Gasteiger partial charge in [0.25, 0.3) is 0 Å². The number of halogens is 1. The second-order valence-corrected chi connectivity index (χ2v) is 17.5. The van der Waals surface area contributed by atoms with Crippen LogP contribution in [-0.2, 0) is 32.0 Å². The number of esters is 1. The highest BCUT2D eigenvalue weighted by Crippen LogP contribution is 2.39. The average molecular weight is 623 g/mol. The molecular formula is C35H47FN2O5Si. The Bertz CT molecular complexity index is 1360. The minimum absolute atomic E-state index is 0.0337. The highest BCUT2D eigenvalue weighted by atomic mass is 28.4. The average Bonchev–Trinajstić information content (AvgIpc) is 3.44. The van der Waals surface area contributed by atoms with Gasteiger partial charge in [0.1, 0.15) is 30.3 Å². The van der Waals surface area contributed by atoms with Crippen LogP contribution in [0.5, 0.6) is 5.75 Å². The van der Waals surface area contributed by atoms with Crippen molar-refractivity contribution in [1.29, 1.82) is 0 Å². The van der Waals surface area contributed by atoms with E-state index >= 15 is 0 Å². The summed E-state index contributed by atoms with van der Waals surface area (Å²) < 4.78 is 30.8. The van der Waals surface area contributed by atoms with Crippen LogP contribution < -0.4 is 15.4 Å². The van der Waals surface area contributed by atoms with Crippen LogP contribution in [0.2, 0.25) is 18.1 Å². The molecule has 2 atom stereocenters. The van der Waals surface area contributed by atoms with Gasteiger partial charge in [-0.25, -0.2) is 4.39 Å². The van der Waals surface area contributed by atoms with Gasteiger partial charge in [0, 0.05) is 25.6 Å². The van der Waals surface area contributed by atoms with Gasteiger partial charge in [-0.2, -0.15) is 0 Å². The molecule has 1 heterocycles. The lowest BCUT2D eigenvalue weighted by atomic mass is 9.97. The van der Waals surface area contributed by atoms with Gasteiger partial charge in [0.2, 0.25) is 5.91 Å². The first-order valence-corrected chi connectivity index (χ1v) is 17.9. The smallest absolute Gasteiger partial charge is 0.302 e. The van der Waals surface area contributed by atoms with Gasteiger partial charge in [0.05, 0.1) is 6.61 Å². The molecule has 44 heavy (non-hydrogen) atoms. The van der Waals surface area contributed by atoms with Crippen molar-refractivity contribution in [1.82, 2.24) is 10.6 Å². The largest absolute Gasteiger partial charge is 0.489 e. The predicted molar refractivity (Wildman–Crippen MR) is 174 cm³/mol. The number of benzene rings is 3. The molecule has 4 rings (SSSR count). The molecule has 2 N–H and O–H groups in total. The van der Waals surface area contributed by atoms with E-state index in [-0.39, 0.29) is 35.4 Å². The highest BCUT2D eigenvalue weighted by Gasteiger charge is 2.47. The van der Waals surface area contributed by atoms with Crippen LogP contribution in [0.25, 0.3) is 0 Å². The summed E-state index contributed by atoms with van der Waals surface area (Å²) in [5.41, 5.74) is 1.89. The maximum Gasteiger partial charge on any atom is 0.302 e. The van der Waals surface area contributed by atoms with Crippen molar-refractivity contribution in [3.05, 3.63) is 101 Å². The number of carbonyl (C=O) groups excluding carboxylic acids is 2. The molecule has 3 aromatic rings. The highest BCUT2D eigenvalue weighted by molar-refractivity contribution is 6.74. The number of rotatable bonds is 10. The summed E-state index contributed by atoms with van der Waals surface area (Å²) in [6.45, 7) is 13.3. The lowest BCUT2D eigenvalue weighted by Gasteiger charge is -2.39. The number of hydrogen-bond donors (Lipinski definition) is 2. The summed E-state index contributed by atoms with van der Waals surface area (Å²) in [6.07, 6.45) is 1.54. The zero-order valence-corrected chi connectivity index (χ0v) is 28.0. The van der Waals surface area contributed by atoms with Crippen LogP contribution in [0.1, 0.15) is 63.3 Å². The quantitative estimate of drug-likeness (QED) is 0.186. The van der Waals surface area contributed by atoms with Gasteiger partial charge in [-0.1, -0.05) is 81.4 Å². The van der Waals surface area contributed by atoms with Gasteiger partial charge in [-0.15, -0.1) is 0 Å². The molecule has 0 spiro atoms. The molecule has 3 aromatic carbocycles. The topological polar surface area (TPSA) is 85.9 Å². The van der Waals surface area contributed by atoms with Crippen molar-refractivity contribution in [2.75, 3.05) is 13.7 Å². The third-order valence-corrected chi connectivity index (χ3v) is 12.9. The van der Waals surface area contributed by atoms with Crippen LogP contribution in [0.4, 0.5) is 4.39 Å². The molecule has 0 bridgehead atoms. The van der Waals surface area contributed by atoms with Crippen molar-refractivity contribution in [2.24, 2.45) is 0 Å². The van der Waals surface area contributed by atoms with E-state index in [1.54, 1.807) is 25.2 Å². The van der Waals surface area contributed by atoms with Gasteiger partial charge in [0.15, 0.2) is 8.32 Å². The third-order valence-electron chi connectivity index (χ3n) is 8.38. The molecule has 0 aromatic heterocycles. The summed E-state index contributed by atoms with van der Waals surface area (Å²) in [6, 6.07) is 24.0. The molecule has 1 aliphatic heterocycles. The number of likely N-dealkylation sites (N-methyl/N-ethyl adjacent to an activating group) is 1. The third kappa shape index (κ3) is 9.74. The maximum atomic E-state index is 13.8. The predicted octanol–water partition coefficient (Wildman–Crippen LogP) is 7.09. The van der Waals surface area contributed by atoms with Crippen molar-refractivity contribution in [3.8, 4) is 5.75 Å². The van der Waals surface area contributed by atoms with Gasteiger partial charge >= 0.3 is 5.97 Å². The Hall–Kier alpha value is -3.53. The Balaban J connectivity index is 0.000000404. The van der Waals surface area contributed by atoms with E-state index in [2.05, 4.69) is 44.5 Å². The molecule has 1 fully saturated rings. The molecule has 1 saturated heterocycles. The van der Waals surface area contributed by atoms with E-state index < -0.39 is 13.9 Å². The van der Waals surface area contributed by atoms with Crippen LogP contribution in [0.3, 0.4) is 0 Å². The number of amides is 1. The molecule has 1 amide bonds. The zero-order chi connectivity index (χ0) is 32.4. The van der Waals surface area contributed by atoms with E-state index in [4.69, 9.17) is 13.9 Å². The fourth-order valence-corrected chi connectivity index (χ4v) is 5.61. The maximum absolute atomic E-state index is 13.8. The van der Waals surface area contributed by atoms with Crippen molar-refractivity contribution in [2.45, 2.75) is 83.5 Å². The first kappa shape index (κ1) is 35.0. The normalized spacial score (nSPS) is 18.1. The Morgan fingerprint density at radius 1 is 0.977 bits per heavy atom. The van der Waals surface area contributed by atoms with E-state index in [0.717, 1.165) is 17.5 Å². The van der Waals surface area contributed by atoms with Crippen LogP contribution in [0, 0.1) is 5.82 Å². The Kier molecular flexibility index (Phi) is 12.3. The van der Waals surface area contributed by atoms with E-state index in [0.29, 0.717) is 30.9 Å². The van der Waals surface area contributed by atoms with E-state index in [9.17, 15) is 14.0 Å². The van der Waals surface area contributed by atoms with E-state index in [1.165, 1.54) is 13.0 Å². The molecule has 9 heteroatoms. The molecule has 0 unspecified atom stereocenters. The van der Waals surface area contributed by atoms with E-state index in [1.807, 2.05) is 54.6 Å². The first-order valence-electron chi connectivity index (χ1n) is 15.0. The van der Waals surface area contributed by atoms with Crippen molar-refractivity contribution < 1.29 is 27.9 Å². The molecule has 0 radical (unpaired) electrons. The molecule has 7 nitrogen and oxygen atoms in total. The molecule has 1 aliphatic rings. The fraction of sp³-hybridized carbons (Fsp3) is 0.429. The second-order valence-electron chi connectivity index (χ2n) is 12.7. The Labute approximate surface area is 262 Å². The Morgan fingerprint density at radius 2 is 1.61 bits per heavy atom. The second kappa shape index (κ2) is 15.5. The lowest BCUT2D eigenvalue weighted by molar-refractivity contribution is -0.142. The van der Waals surface area contributed by atoms with Gasteiger partial charge in [-0.05, 0) is 60.3 Å². The summed E-state index contributed by atoms with van der Waals surface area (Å²) in [4.78, 5) is 23.3. The first-order chi connectivity index (χ1) is 20.8. The molecular weight excluding hydrogens is 575 g/mol. The fourth-order valence-electron chi connectivity index (χ4n) is 4.57. The monoisotopic (exact) mass is 622 g/mol. The number of hydrogen-bond acceptors (Lipinski definition) is 6. The van der Waals surface area contributed by atoms with Crippen molar-refractivity contribution in [3.63, 3.8) is 0 Å². The molecule has 0 saturated carbocycles. The molecule has 238 valence electrons. The lowest BCUT2D eigenvalue weighted by Crippen LogP contribution is -2.58. The summed E-state index contributed by atoms with van der Waals surface area (Å²) in [7, 11) is -0.318.